The maximum absolute atomic E-state index is 13.2. The second kappa shape index (κ2) is 19.8. The summed E-state index contributed by atoms with van der Waals surface area (Å²) in [4.78, 5) is 70.6. The first kappa shape index (κ1) is 52.1. The van der Waals surface area contributed by atoms with Gasteiger partial charge in [0, 0.05) is 37.0 Å². The van der Waals surface area contributed by atoms with Crippen LogP contribution in [0.1, 0.15) is 41.2 Å². The maximum Gasteiger partial charge on any atom is 0.490 e. The van der Waals surface area contributed by atoms with Crippen LogP contribution in [0.25, 0.3) is 44.3 Å². The van der Waals surface area contributed by atoms with Crippen LogP contribution in [0.15, 0.2) is 91.7 Å². The number of carboxylic acids is 2. The van der Waals surface area contributed by atoms with Gasteiger partial charge in [0.25, 0.3) is 0 Å². The van der Waals surface area contributed by atoms with Crippen molar-refractivity contribution in [1.82, 2.24) is 44.7 Å². The Morgan fingerprint density at radius 3 is 1.42 bits per heavy atom. The van der Waals surface area contributed by atoms with Crippen molar-refractivity contribution in [2.45, 2.75) is 58.0 Å². The lowest BCUT2D eigenvalue weighted by molar-refractivity contribution is -0.193. The van der Waals surface area contributed by atoms with Crippen LogP contribution >= 0.6 is 0 Å². The fraction of sp³-hybridized carbons (Fsp3) is 0.283. The van der Waals surface area contributed by atoms with Gasteiger partial charge in [0.05, 0.1) is 51.5 Å². The standard InChI is InChI=1S/C22H21N5O4.C20H19N5O3.2C2HF3O2/c1-12-18(13(2)31-26-12)15-7-8-16-19-20(15)30-11-22(10-24-14(3)28,27(19)21(29)25-16)17-6-4-5-9-23-17;1-11-16(12(2)28-24-11)13-6-7-14-17-18(13)27-10-20(9-21,25(17)19(26)23-14)15-5-3-4-8-22-15;2*3-2(4,5)1(6)7/h4-9H,10-11H2,1-3H3,(H,24,28)(H,25,29);3-8H,9-10,21H2,1-2H3,(H,23,26);2*(H,6,7). The zero-order valence-electron chi connectivity index (χ0n) is 38.9. The van der Waals surface area contributed by atoms with Gasteiger partial charge in [0.2, 0.25) is 5.91 Å². The number of alkyl halides is 6. The average molecular weight is 1020 g/mol. The van der Waals surface area contributed by atoms with E-state index in [0.29, 0.717) is 56.5 Å². The van der Waals surface area contributed by atoms with Crippen molar-refractivity contribution >= 4 is 39.9 Å². The lowest BCUT2D eigenvalue weighted by Gasteiger charge is -2.38. The smallest absolute Gasteiger partial charge is 0.488 e. The van der Waals surface area contributed by atoms with Crippen LogP contribution in [0.5, 0.6) is 11.5 Å². The highest BCUT2D eigenvalue weighted by Gasteiger charge is 2.46. The van der Waals surface area contributed by atoms with Gasteiger partial charge >= 0.3 is 35.7 Å². The van der Waals surface area contributed by atoms with Gasteiger partial charge < -0.3 is 49.8 Å². The molecular weight excluding hydrogens is 983 g/mol. The molecule has 10 rings (SSSR count). The van der Waals surface area contributed by atoms with Gasteiger partial charge in [-0.1, -0.05) is 22.4 Å². The van der Waals surface area contributed by atoms with E-state index >= 15 is 0 Å². The molecule has 0 radical (unpaired) electrons. The Bertz CT molecular complexity index is 3430. The van der Waals surface area contributed by atoms with Gasteiger partial charge in [0.15, 0.2) is 11.5 Å². The maximum atomic E-state index is 13.2. The Labute approximate surface area is 405 Å². The third kappa shape index (κ3) is 9.72. The number of carboxylic acid groups (broad SMARTS) is 2. The van der Waals surface area contributed by atoms with E-state index in [9.17, 15) is 40.7 Å². The molecule has 7 N–H and O–H groups in total. The molecule has 2 aliphatic rings. The fourth-order valence-electron chi connectivity index (χ4n) is 8.48. The molecule has 2 unspecified atom stereocenters. The van der Waals surface area contributed by atoms with Crippen molar-refractivity contribution in [2.75, 3.05) is 26.3 Å². The summed E-state index contributed by atoms with van der Waals surface area (Å²) in [6, 6.07) is 18.6. The second-order valence-corrected chi connectivity index (χ2v) is 16.4. The third-order valence-electron chi connectivity index (χ3n) is 11.7. The van der Waals surface area contributed by atoms with E-state index in [1.807, 2.05) is 82.3 Å². The number of amides is 1. The number of nitrogens with two attached hydrogens (primary N) is 1. The van der Waals surface area contributed by atoms with Crippen molar-refractivity contribution in [2.24, 2.45) is 5.73 Å². The Morgan fingerprint density at radius 2 is 1.08 bits per heavy atom. The van der Waals surface area contributed by atoms with Crippen molar-refractivity contribution in [1.29, 1.82) is 0 Å². The van der Waals surface area contributed by atoms with E-state index in [4.69, 9.17) is 44.1 Å². The molecule has 2 aliphatic heterocycles. The number of benzene rings is 2. The minimum Gasteiger partial charge on any atom is -0.488 e. The molecule has 0 saturated heterocycles. The first-order chi connectivity index (χ1) is 34.4. The van der Waals surface area contributed by atoms with E-state index in [1.165, 1.54) is 6.92 Å². The van der Waals surface area contributed by atoms with Gasteiger partial charge in [-0.3, -0.25) is 23.9 Å². The monoisotopic (exact) mass is 1020 g/mol. The lowest BCUT2D eigenvalue weighted by Crippen LogP contribution is -2.55. The average Bonchev–Trinajstić information content (AvgIpc) is 4.09. The van der Waals surface area contributed by atoms with Crippen LogP contribution in [0.4, 0.5) is 26.3 Å². The molecule has 0 fully saturated rings. The molecule has 27 heteroatoms. The molecule has 0 saturated carbocycles. The predicted octanol–water partition coefficient (Wildman–Crippen LogP) is 5.63. The number of hydrogen-bond donors (Lipinski definition) is 6. The van der Waals surface area contributed by atoms with E-state index in [2.05, 4.69) is 35.6 Å². The molecule has 0 aliphatic carbocycles. The summed E-state index contributed by atoms with van der Waals surface area (Å²) in [6.45, 7) is 9.53. The minimum absolute atomic E-state index is 0.116. The first-order valence-electron chi connectivity index (χ1n) is 21.4. The second-order valence-electron chi connectivity index (χ2n) is 16.4. The summed E-state index contributed by atoms with van der Waals surface area (Å²) in [6.07, 6.45) is -6.81. The number of halogens is 6. The number of aromatic amines is 2. The van der Waals surface area contributed by atoms with E-state index < -0.39 is 35.4 Å². The number of aliphatic carboxylic acids is 2. The van der Waals surface area contributed by atoms with Crippen molar-refractivity contribution in [3.05, 3.63) is 128 Å². The predicted molar refractivity (Wildman–Crippen MR) is 244 cm³/mol. The highest BCUT2D eigenvalue weighted by atomic mass is 19.4. The minimum atomic E-state index is -5.08. The highest BCUT2D eigenvalue weighted by molar-refractivity contribution is 5.94. The molecule has 21 nitrogen and oxygen atoms in total. The number of aromatic nitrogens is 8. The summed E-state index contributed by atoms with van der Waals surface area (Å²) < 4.78 is 90.1. The number of aryl methyl sites for hydroxylation is 4. The number of rotatable bonds is 7. The topological polar surface area (TPSA) is 302 Å². The van der Waals surface area contributed by atoms with Gasteiger partial charge in [-0.15, -0.1) is 0 Å². The molecule has 73 heavy (non-hydrogen) atoms. The number of H-pyrrole nitrogens is 2. The van der Waals surface area contributed by atoms with Crippen LogP contribution in [0, 0.1) is 27.7 Å². The molecule has 0 bridgehead atoms. The number of nitrogens with one attached hydrogen (secondary N) is 3. The molecule has 6 aromatic heterocycles. The van der Waals surface area contributed by atoms with Crippen LogP contribution in [-0.2, 0) is 25.5 Å². The Hall–Kier alpha value is -8.75. The summed E-state index contributed by atoms with van der Waals surface area (Å²) in [7, 11) is 0. The Kier molecular flexibility index (Phi) is 14.1. The molecular formula is C46H42F6N10O11. The molecule has 2 aromatic carbocycles. The van der Waals surface area contributed by atoms with Crippen LogP contribution in [-0.4, -0.2) is 106 Å². The summed E-state index contributed by atoms with van der Waals surface area (Å²) >= 11 is 0. The van der Waals surface area contributed by atoms with Crippen molar-refractivity contribution in [3.8, 4) is 33.8 Å². The normalized spacial score (nSPS) is 16.7. The number of hydrogen-bond acceptors (Lipinski definition) is 14. The molecule has 2 atom stereocenters. The van der Waals surface area contributed by atoms with Gasteiger partial charge in [0.1, 0.15) is 46.8 Å². The zero-order chi connectivity index (χ0) is 53.4. The molecule has 384 valence electrons. The Balaban J connectivity index is 0.000000170. The number of carbonyl (C=O) groups is 3. The largest absolute Gasteiger partial charge is 0.490 e. The number of imidazole rings is 2. The molecule has 1 amide bonds. The van der Waals surface area contributed by atoms with Gasteiger partial charge in [-0.05, 0) is 76.2 Å². The summed E-state index contributed by atoms with van der Waals surface area (Å²) in [5.41, 5.74) is 12.5. The lowest BCUT2D eigenvalue weighted by atomic mass is 9.92. The quantitative estimate of drug-likeness (QED) is 0.105. The number of ether oxygens (including phenoxy) is 2. The highest BCUT2D eigenvalue weighted by Crippen LogP contribution is 2.46. The first-order valence-corrected chi connectivity index (χ1v) is 21.4. The third-order valence-corrected chi connectivity index (χ3v) is 11.7. The van der Waals surface area contributed by atoms with Crippen LogP contribution in [0.2, 0.25) is 0 Å². The number of pyridine rings is 2. The zero-order valence-corrected chi connectivity index (χ0v) is 38.9. The van der Waals surface area contributed by atoms with Crippen LogP contribution < -0.4 is 31.9 Å². The summed E-state index contributed by atoms with van der Waals surface area (Å²) in [5.74, 6) is -3.17. The van der Waals surface area contributed by atoms with Gasteiger partial charge in [-0.25, -0.2) is 19.2 Å². The molecule has 0 spiro atoms. The van der Waals surface area contributed by atoms with Crippen molar-refractivity contribution in [3.63, 3.8) is 0 Å². The van der Waals surface area contributed by atoms with E-state index in [0.717, 1.165) is 33.6 Å². The van der Waals surface area contributed by atoms with Crippen LogP contribution in [0.3, 0.4) is 0 Å². The fourth-order valence-corrected chi connectivity index (χ4v) is 8.48. The molecule has 8 aromatic rings. The van der Waals surface area contributed by atoms with Gasteiger partial charge in [-0.2, -0.15) is 26.3 Å². The number of nitrogens with zero attached hydrogens (tertiary/aromatic N) is 6. The van der Waals surface area contributed by atoms with E-state index in [1.54, 1.807) is 27.6 Å². The molecule has 8 heterocycles. The SMILES string of the molecule is CC(=O)NCC1(c2ccccn2)COc2c(-c3c(C)noc3C)ccc3[nH]c(=O)n1c23.Cc1noc(C)c1-c1ccc2[nH]c(=O)n3c2c1OCC3(CN)c1ccccn1.O=C(O)C(F)(F)F.O=C(O)C(F)(F)F. The van der Waals surface area contributed by atoms with E-state index in [-0.39, 0.29) is 43.6 Å². The Morgan fingerprint density at radius 1 is 0.685 bits per heavy atom. The van der Waals surface area contributed by atoms with Crippen molar-refractivity contribution < 1.29 is 69.5 Å². The number of carbonyl (C=O) groups excluding carboxylic acids is 1. The summed E-state index contributed by atoms with van der Waals surface area (Å²) in [5, 5.41) is 25.2.